The number of hydrogen-bond acceptors (Lipinski definition) is 4. The third-order valence-corrected chi connectivity index (χ3v) is 29.3. The lowest BCUT2D eigenvalue weighted by Gasteiger charge is -2.75. The Morgan fingerprint density at radius 3 is 1.81 bits per heavy atom. The molecule has 5 aliphatic carbocycles. The van der Waals surface area contributed by atoms with Crippen LogP contribution in [-0.2, 0) is 24.6 Å². The second-order valence-electron chi connectivity index (χ2n) is 21.4. The number of hydrogen-bond donors (Lipinski definition) is 0. The average Bonchev–Trinajstić information content (AvgIpc) is 3.58. The van der Waals surface area contributed by atoms with Crippen LogP contribution in [0.4, 0.5) is 0 Å². The van der Waals surface area contributed by atoms with E-state index >= 15 is 0 Å². The highest BCUT2D eigenvalue weighted by atomic mass is 28.4. The Morgan fingerprint density at radius 1 is 0.729 bits per heavy atom. The Kier molecular flexibility index (Phi) is 10.1. The highest BCUT2D eigenvalue weighted by Gasteiger charge is 2.90. The van der Waals surface area contributed by atoms with Crippen molar-refractivity contribution in [3.63, 3.8) is 0 Å². The predicted octanol–water partition coefficient (Wildman–Crippen LogP) is 11.8. The van der Waals surface area contributed by atoms with Crippen LogP contribution in [0.1, 0.15) is 107 Å². The van der Waals surface area contributed by atoms with Gasteiger partial charge in [-0.05, 0) is 114 Å². The van der Waals surface area contributed by atoms with Gasteiger partial charge in [-0.15, -0.1) is 0 Å². The van der Waals surface area contributed by atoms with Gasteiger partial charge in [-0.2, -0.15) is 0 Å². The smallest absolute Gasteiger partial charge is 0.192 e. The van der Waals surface area contributed by atoms with Crippen LogP contribution in [0.25, 0.3) is 0 Å². The number of benzene rings is 1. The van der Waals surface area contributed by atoms with E-state index in [9.17, 15) is 0 Å². The van der Waals surface area contributed by atoms with Gasteiger partial charge in [0.1, 0.15) is 0 Å². The van der Waals surface area contributed by atoms with Crippen LogP contribution >= 0.6 is 0 Å². The molecule has 7 heteroatoms. The number of rotatable bonds is 12. The van der Waals surface area contributed by atoms with E-state index in [1.165, 1.54) is 31.2 Å². The van der Waals surface area contributed by atoms with Crippen LogP contribution in [0.2, 0.25) is 54.4 Å². The highest BCUT2D eigenvalue weighted by Crippen LogP contribution is 2.90. The summed E-state index contributed by atoms with van der Waals surface area (Å²) in [6.07, 6.45) is 6.58. The molecule has 1 aromatic carbocycles. The molecule has 274 valence electrons. The first-order chi connectivity index (χ1) is 21.8. The third kappa shape index (κ3) is 6.07. The Balaban J connectivity index is 1.56. The van der Waals surface area contributed by atoms with Gasteiger partial charge in [-0.3, -0.25) is 0 Å². The minimum absolute atomic E-state index is 0.0172. The zero-order valence-corrected chi connectivity index (χ0v) is 37.1. The largest absolute Gasteiger partial charge is 0.417 e. The average molecular weight is 715 g/mol. The van der Waals surface area contributed by atoms with Crippen molar-refractivity contribution < 1.29 is 18.0 Å². The van der Waals surface area contributed by atoms with Gasteiger partial charge >= 0.3 is 0 Å². The topological polar surface area (TPSA) is 36.9 Å². The van der Waals surface area contributed by atoms with E-state index in [1.54, 1.807) is 0 Å². The van der Waals surface area contributed by atoms with Gasteiger partial charge < -0.3 is 18.0 Å². The van der Waals surface area contributed by atoms with Crippen molar-refractivity contribution in [2.45, 2.75) is 175 Å². The lowest BCUT2D eigenvalue weighted by Crippen LogP contribution is -2.76. The molecule has 2 bridgehead atoms. The summed E-state index contributed by atoms with van der Waals surface area (Å²) in [4.78, 5) is 0. The van der Waals surface area contributed by atoms with E-state index in [4.69, 9.17) is 18.0 Å². The van der Waals surface area contributed by atoms with Crippen molar-refractivity contribution >= 4 is 25.0 Å². The molecule has 1 aromatic rings. The van der Waals surface area contributed by atoms with Gasteiger partial charge in [-0.25, -0.2) is 0 Å². The summed E-state index contributed by atoms with van der Waals surface area (Å²) in [5.41, 5.74) is 1.64. The van der Waals surface area contributed by atoms with E-state index < -0.39 is 25.0 Å². The van der Waals surface area contributed by atoms with Crippen molar-refractivity contribution in [1.82, 2.24) is 0 Å². The molecule has 0 aromatic heterocycles. The highest BCUT2D eigenvalue weighted by molar-refractivity contribution is 6.75. The predicted molar refractivity (Wildman–Crippen MR) is 210 cm³/mol. The summed E-state index contributed by atoms with van der Waals surface area (Å²) in [5, 5.41) is 0.501. The van der Waals surface area contributed by atoms with E-state index in [0.29, 0.717) is 24.4 Å². The minimum atomic E-state index is -2.07. The fraction of sp³-hybridized carbons (Fsp3) is 0.854. The Bertz CT molecular complexity index is 1290. The molecule has 0 aliphatic heterocycles. The molecular formula is C41H74O4Si3. The normalized spacial score (nSPS) is 35.7. The quantitative estimate of drug-likeness (QED) is 0.202. The molecule has 5 aliphatic rings. The molecular weight excluding hydrogens is 641 g/mol. The minimum Gasteiger partial charge on any atom is -0.417 e. The van der Waals surface area contributed by atoms with Crippen LogP contribution in [0, 0.1) is 34.0 Å². The maximum Gasteiger partial charge on any atom is 0.192 e. The molecule has 5 saturated carbocycles. The molecule has 4 nitrogen and oxygen atoms in total. The van der Waals surface area contributed by atoms with Crippen LogP contribution in [0.5, 0.6) is 0 Å². The van der Waals surface area contributed by atoms with Crippen molar-refractivity contribution in [3.8, 4) is 0 Å². The molecule has 0 saturated heterocycles. The first-order valence-corrected chi connectivity index (χ1v) is 28.1. The maximum atomic E-state index is 7.78. The summed E-state index contributed by atoms with van der Waals surface area (Å²) in [6, 6.07) is 10.7. The summed E-state index contributed by atoms with van der Waals surface area (Å²) >= 11 is 0. The number of ether oxygens (including phenoxy) is 1. The van der Waals surface area contributed by atoms with Crippen LogP contribution < -0.4 is 0 Å². The van der Waals surface area contributed by atoms with Crippen LogP contribution in [0.15, 0.2) is 30.3 Å². The van der Waals surface area contributed by atoms with E-state index in [1.807, 2.05) is 0 Å². The second-order valence-corrected chi connectivity index (χ2v) is 35.7. The Hall–Kier alpha value is -0.289. The molecule has 0 N–H and O–H groups in total. The van der Waals surface area contributed by atoms with Crippen molar-refractivity contribution in [3.05, 3.63) is 35.9 Å². The third-order valence-electron chi connectivity index (χ3n) is 15.8. The van der Waals surface area contributed by atoms with Gasteiger partial charge in [0, 0.05) is 12.0 Å². The maximum absolute atomic E-state index is 7.78. The van der Waals surface area contributed by atoms with Gasteiger partial charge in [0.25, 0.3) is 0 Å². The van der Waals surface area contributed by atoms with Crippen LogP contribution in [-0.4, -0.2) is 50.4 Å². The summed E-state index contributed by atoms with van der Waals surface area (Å²) in [7, 11) is -6.09. The monoisotopic (exact) mass is 714 g/mol. The summed E-state index contributed by atoms with van der Waals surface area (Å²) < 4.78 is 29.3. The molecule has 1 spiro atoms. The summed E-state index contributed by atoms with van der Waals surface area (Å²) in [5.74, 6) is 1.74. The van der Waals surface area contributed by atoms with E-state index in [-0.39, 0.29) is 43.6 Å². The zero-order valence-electron chi connectivity index (χ0n) is 34.1. The molecule has 0 heterocycles. The van der Waals surface area contributed by atoms with E-state index in [2.05, 4.69) is 139 Å². The molecule has 8 atom stereocenters. The van der Waals surface area contributed by atoms with Crippen molar-refractivity contribution in [1.29, 1.82) is 0 Å². The second kappa shape index (κ2) is 12.4. The van der Waals surface area contributed by atoms with E-state index in [0.717, 1.165) is 19.6 Å². The van der Waals surface area contributed by atoms with Gasteiger partial charge in [0.05, 0.1) is 25.4 Å². The lowest BCUT2D eigenvalue weighted by molar-refractivity contribution is -0.305. The Morgan fingerprint density at radius 2 is 1.27 bits per heavy atom. The van der Waals surface area contributed by atoms with Crippen molar-refractivity contribution in [2.75, 3.05) is 13.2 Å². The lowest BCUT2D eigenvalue weighted by atomic mass is 9.31. The van der Waals surface area contributed by atoms with Crippen molar-refractivity contribution in [2.24, 2.45) is 34.0 Å². The molecule has 5 fully saturated rings. The molecule has 0 amide bonds. The molecule has 0 radical (unpaired) electrons. The van der Waals surface area contributed by atoms with Crippen LogP contribution in [0.3, 0.4) is 0 Å². The molecule has 6 rings (SSSR count). The Labute approximate surface area is 299 Å². The SMILES string of the molecule is CC(C)(C)[Si](C)(C)OCC1[C@]23[C@@H](O[Si](C)(C)C(C)(C)C)C[C@@]1([C@@H]1C[C@H]1COCc1ccccc1)[C@]2(C)CCC[C@H]3O[Si](C)(C)C(C)(C)C. The fourth-order valence-corrected chi connectivity index (χ4v) is 13.7. The molecule has 1 unspecified atom stereocenters. The van der Waals surface area contributed by atoms with Gasteiger partial charge in [0.15, 0.2) is 25.0 Å². The zero-order chi connectivity index (χ0) is 36.0. The first kappa shape index (κ1) is 38.9. The fourth-order valence-electron chi connectivity index (χ4n) is 10.00. The summed E-state index contributed by atoms with van der Waals surface area (Å²) in [6.45, 7) is 41.5. The number of fused-ring (bicyclic) bond motifs is 1. The standard InChI is InChI=1S/C41H74O4Si3/c1-36(2,3)46(11,12)43-29-33-40(32-25-31(32)28-42-27-30-21-18-17-19-22-30)26-35(45-48(15,16)38(7,8)9)41(33)34(23-20-24-39(40,41)10)44-47(13,14)37(4,5)6/h17-19,21-22,31-35H,20,23-29H2,1-16H3/t31-,32+,33?,34+,35-,39-,40-,41-/m0/s1. The first-order valence-electron chi connectivity index (χ1n) is 19.4. The van der Waals surface area contributed by atoms with Gasteiger partial charge in [-0.1, -0.05) is 106 Å². The van der Waals surface area contributed by atoms with Gasteiger partial charge in [0.2, 0.25) is 0 Å². The molecule has 48 heavy (non-hydrogen) atoms.